The van der Waals surface area contributed by atoms with Crippen LogP contribution in [0.2, 0.25) is 0 Å². The molecule has 0 saturated carbocycles. The highest BCUT2D eigenvalue weighted by Gasteiger charge is 2.15. The van der Waals surface area contributed by atoms with Crippen molar-refractivity contribution in [3.63, 3.8) is 0 Å². The molecule has 0 atom stereocenters. The molecule has 82 valence electrons. The second kappa shape index (κ2) is 5.17. The third-order valence-electron chi connectivity index (χ3n) is 3.19. The molecule has 2 rings (SSSR count). The Morgan fingerprint density at radius 3 is 2.60 bits per heavy atom. The Bertz CT molecular complexity index is 305. The second-order valence-electron chi connectivity index (χ2n) is 4.30. The maximum atomic E-state index is 5.37. The minimum atomic E-state index is 1.04. The molecule has 1 aromatic rings. The van der Waals surface area contributed by atoms with Gasteiger partial charge in [-0.2, -0.15) is 0 Å². The monoisotopic (exact) mass is 206 g/mol. The summed E-state index contributed by atoms with van der Waals surface area (Å²) in [6.45, 7) is 3.75. The van der Waals surface area contributed by atoms with Crippen molar-refractivity contribution in [2.75, 3.05) is 20.2 Å². The first kappa shape index (κ1) is 10.5. The smallest absolute Gasteiger partial charge is 0.127 e. The molecule has 1 aromatic carbocycles. The Labute approximate surface area is 91.9 Å². The van der Waals surface area contributed by atoms with Crippen LogP contribution in [0.25, 0.3) is 0 Å². The predicted octanol–water partition coefficient (Wildman–Crippen LogP) is 1.26. The first-order valence-electron chi connectivity index (χ1n) is 5.85. The molecule has 1 N–H and O–H groups in total. The number of rotatable bonds is 3. The molecule has 0 bridgehead atoms. The van der Waals surface area contributed by atoms with Crippen molar-refractivity contribution < 1.29 is 9.64 Å². The van der Waals surface area contributed by atoms with Crippen LogP contribution in [0.15, 0.2) is 24.3 Å². The van der Waals surface area contributed by atoms with Crippen molar-refractivity contribution >= 4 is 0 Å². The Morgan fingerprint density at radius 2 is 1.87 bits per heavy atom. The fraction of sp³-hybridized carbons (Fsp3) is 0.538. The largest absolute Gasteiger partial charge is 0.496 e. The van der Waals surface area contributed by atoms with Gasteiger partial charge < -0.3 is 9.64 Å². The van der Waals surface area contributed by atoms with E-state index in [1.165, 1.54) is 37.9 Å². The van der Waals surface area contributed by atoms with Gasteiger partial charge in [0.1, 0.15) is 12.3 Å². The number of hydrogen-bond donors (Lipinski definition) is 1. The number of methoxy groups -OCH3 is 1. The molecule has 0 radical (unpaired) electrons. The van der Waals surface area contributed by atoms with Crippen LogP contribution in [0.3, 0.4) is 0 Å². The zero-order valence-electron chi connectivity index (χ0n) is 9.46. The number of likely N-dealkylation sites (tertiary alicyclic amines) is 1. The third kappa shape index (κ3) is 2.72. The van der Waals surface area contributed by atoms with E-state index in [1.807, 2.05) is 6.07 Å². The summed E-state index contributed by atoms with van der Waals surface area (Å²) in [4.78, 5) is 1.70. The van der Waals surface area contributed by atoms with Gasteiger partial charge in [0.25, 0.3) is 0 Å². The molecule has 0 unspecified atom stereocenters. The van der Waals surface area contributed by atoms with Gasteiger partial charge in [0.15, 0.2) is 0 Å². The molecule has 0 amide bonds. The van der Waals surface area contributed by atoms with Crippen LogP contribution < -0.4 is 9.64 Å². The van der Waals surface area contributed by atoms with Gasteiger partial charge in [-0.05, 0) is 31.4 Å². The molecule has 2 nitrogen and oxygen atoms in total. The molecule has 15 heavy (non-hydrogen) atoms. The van der Waals surface area contributed by atoms with E-state index in [-0.39, 0.29) is 0 Å². The van der Waals surface area contributed by atoms with Gasteiger partial charge in [-0.3, -0.25) is 0 Å². The quantitative estimate of drug-likeness (QED) is 0.786. The average molecular weight is 206 g/mol. The van der Waals surface area contributed by atoms with Gasteiger partial charge in [0.2, 0.25) is 0 Å². The molecule has 2 heteroatoms. The summed E-state index contributed by atoms with van der Waals surface area (Å²) in [5, 5.41) is 0. The van der Waals surface area contributed by atoms with Crippen LogP contribution in [0.1, 0.15) is 24.8 Å². The van der Waals surface area contributed by atoms with Crippen LogP contribution in [0, 0.1) is 0 Å². The number of para-hydroxylation sites is 1. The lowest BCUT2D eigenvalue weighted by Gasteiger charge is -2.24. The summed E-state index contributed by atoms with van der Waals surface area (Å²) < 4.78 is 5.37. The standard InChI is InChI=1S/C13H19NO/c1-15-13-8-4-3-7-12(13)11-14-9-5-2-6-10-14/h3-4,7-8H,2,5-6,9-11H2,1H3/p+1. The van der Waals surface area contributed by atoms with E-state index in [2.05, 4.69) is 18.2 Å². The maximum Gasteiger partial charge on any atom is 0.127 e. The summed E-state index contributed by atoms with van der Waals surface area (Å²) in [6, 6.07) is 8.37. The zero-order chi connectivity index (χ0) is 10.5. The Kier molecular flexibility index (Phi) is 3.62. The molecule has 1 fully saturated rings. The van der Waals surface area contributed by atoms with Gasteiger partial charge >= 0.3 is 0 Å². The topological polar surface area (TPSA) is 13.7 Å². The summed E-state index contributed by atoms with van der Waals surface area (Å²) in [5.74, 6) is 1.04. The molecule has 0 aliphatic carbocycles. The van der Waals surface area contributed by atoms with Crippen LogP contribution in [0.4, 0.5) is 0 Å². The van der Waals surface area contributed by atoms with Gasteiger partial charge in [-0.25, -0.2) is 0 Å². The van der Waals surface area contributed by atoms with Gasteiger partial charge in [-0.15, -0.1) is 0 Å². The number of benzene rings is 1. The Balaban J connectivity index is 2.02. The third-order valence-corrected chi connectivity index (χ3v) is 3.19. The minimum Gasteiger partial charge on any atom is -0.496 e. The van der Waals surface area contributed by atoms with Crippen LogP contribution in [-0.4, -0.2) is 20.2 Å². The lowest BCUT2D eigenvalue weighted by molar-refractivity contribution is -0.918. The van der Waals surface area contributed by atoms with Crippen molar-refractivity contribution in [2.24, 2.45) is 0 Å². The van der Waals surface area contributed by atoms with Gasteiger partial charge in [0.05, 0.1) is 20.2 Å². The highest BCUT2D eigenvalue weighted by Crippen LogP contribution is 2.16. The van der Waals surface area contributed by atoms with E-state index in [0.29, 0.717) is 0 Å². The second-order valence-corrected chi connectivity index (χ2v) is 4.30. The first-order valence-corrected chi connectivity index (χ1v) is 5.85. The van der Waals surface area contributed by atoms with Gasteiger partial charge in [0, 0.05) is 5.56 Å². The summed E-state index contributed by atoms with van der Waals surface area (Å²) in [5.41, 5.74) is 1.34. The van der Waals surface area contributed by atoms with Crippen molar-refractivity contribution in [3.05, 3.63) is 29.8 Å². The number of ether oxygens (including phenoxy) is 1. The maximum absolute atomic E-state index is 5.37. The van der Waals surface area contributed by atoms with E-state index >= 15 is 0 Å². The van der Waals surface area contributed by atoms with E-state index in [9.17, 15) is 0 Å². The van der Waals surface area contributed by atoms with E-state index in [4.69, 9.17) is 4.74 Å². The molecule has 1 aliphatic heterocycles. The molecule has 1 saturated heterocycles. The fourth-order valence-electron chi connectivity index (χ4n) is 2.35. The number of hydrogen-bond acceptors (Lipinski definition) is 1. The first-order chi connectivity index (χ1) is 7.40. The zero-order valence-corrected chi connectivity index (χ0v) is 9.46. The number of quaternary nitrogens is 1. The molecular weight excluding hydrogens is 186 g/mol. The Morgan fingerprint density at radius 1 is 1.13 bits per heavy atom. The van der Waals surface area contributed by atoms with Crippen molar-refractivity contribution in [1.82, 2.24) is 0 Å². The lowest BCUT2D eigenvalue weighted by atomic mass is 10.1. The summed E-state index contributed by atoms with van der Waals surface area (Å²) >= 11 is 0. The summed E-state index contributed by atoms with van der Waals surface area (Å²) in [6.07, 6.45) is 4.17. The fourth-order valence-corrected chi connectivity index (χ4v) is 2.35. The molecule has 0 spiro atoms. The number of nitrogens with one attached hydrogen (secondary N) is 1. The molecule has 0 aromatic heterocycles. The van der Waals surface area contributed by atoms with Crippen LogP contribution in [0.5, 0.6) is 5.75 Å². The van der Waals surface area contributed by atoms with E-state index < -0.39 is 0 Å². The lowest BCUT2D eigenvalue weighted by Crippen LogP contribution is -3.11. The molecule has 1 aliphatic rings. The van der Waals surface area contributed by atoms with Crippen molar-refractivity contribution in [3.8, 4) is 5.75 Å². The molecular formula is C13H20NO+. The molecule has 1 heterocycles. The van der Waals surface area contributed by atoms with E-state index in [0.717, 1.165) is 12.3 Å². The SMILES string of the molecule is COc1ccccc1C[NH+]1CCCCC1. The van der Waals surface area contributed by atoms with Crippen LogP contribution >= 0.6 is 0 Å². The van der Waals surface area contributed by atoms with Crippen LogP contribution in [-0.2, 0) is 6.54 Å². The predicted molar refractivity (Wildman–Crippen MR) is 61.2 cm³/mol. The normalized spacial score (nSPS) is 17.7. The minimum absolute atomic E-state index is 1.04. The van der Waals surface area contributed by atoms with Crippen molar-refractivity contribution in [1.29, 1.82) is 0 Å². The summed E-state index contributed by atoms with van der Waals surface area (Å²) in [7, 11) is 1.75. The highest BCUT2D eigenvalue weighted by atomic mass is 16.5. The highest BCUT2D eigenvalue weighted by molar-refractivity contribution is 5.32. The number of piperidine rings is 1. The van der Waals surface area contributed by atoms with E-state index in [1.54, 1.807) is 12.0 Å². The van der Waals surface area contributed by atoms with Gasteiger partial charge in [-0.1, -0.05) is 12.1 Å². The van der Waals surface area contributed by atoms with Crippen molar-refractivity contribution in [2.45, 2.75) is 25.8 Å². The average Bonchev–Trinajstić information content (AvgIpc) is 2.31. The Hall–Kier alpha value is -1.02.